The van der Waals surface area contributed by atoms with Crippen molar-refractivity contribution in [2.24, 2.45) is 0 Å². The number of halogens is 2. The number of aromatic amines is 1. The van der Waals surface area contributed by atoms with E-state index in [4.69, 9.17) is 0 Å². The van der Waals surface area contributed by atoms with E-state index in [1.165, 1.54) is 12.1 Å². The van der Waals surface area contributed by atoms with Crippen LogP contribution < -0.4 is 5.69 Å². The van der Waals surface area contributed by atoms with Gasteiger partial charge in [-0.15, -0.1) is 0 Å². The Morgan fingerprint density at radius 2 is 1.72 bits per heavy atom. The number of hydrogen-bond acceptors (Lipinski definition) is 2. The molecule has 3 aromatic rings. The van der Waals surface area contributed by atoms with E-state index in [1.54, 1.807) is 0 Å². The van der Waals surface area contributed by atoms with Crippen molar-refractivity contribution in [2.45, 2.75) is 25.4 Å². The van der Waals surface area contributed by atoms with Crippen molar-refractivity contribution >= 4 is 11.0 Å². The average Bonchev–Trinajstić information content (AvgIpc) is 2.90. The van der Waals surface area contributed by atoms with Gasteiger partial charge in [0.2, 0.25) is 0 Å². The van der Waals surface area contributed by atoms with Gasteiger partial charge in [0.1, 0.15) is 11.6 Å². The van der Waals surface area contributed by atoms with Gasteiger partial charge >= 0.3 is 5.69 Å². The fraction of sp³-hybridized carbons (Fsp3) is 0.316. The Bertz CT molecular complexity index is 934. The van der Waals surface area contributed by atoms with Crippen LogP contribution in [0, 0.1) is 11.6 Å². The van der Waals surface area contributed by atoms with Gasteiger partial charge in [-0.05, 0) is 42.7 Å². The minimum atomic E-state index is -0.546. The summed E-state index contributed by atoms with van der Waals surface area (Å²) < 4.78 is 28.5. The predicted octanol–water partition coefficient (Wildman–Crippen LogP) is 3.44. The molecule has 0 saturated carbocycles. The van der Waals surface area contributed by atoms with Crippen LogP contribution in [0.15, 0.2) is 47.3 Å². The van der Waals surface area contributed by atoms with Gasteiger partial charge in [-0.3, -0.25) is 9.47 Å². The number of benzene rings is 2. The van der Waals surface area contributed by atoms with Gasteiger partial charge in [0, 0.05) is 31.7 Å². The molecule has 1 aromatic heterocycles. The van der Waals surface area contributed by atoms with Crippen molar-refractivity contribution in [1.29, 1.82) is 0 Å². The Morgan fingerprint density at radius 3 is 2.44 bits per heavy atom. The summed E-state index contributed by atoms with van der Waals surface area (Å²) in [5.41, 5.74) is 2.34. The fourth-order valence-corrected chi connectivity index (χ4v) is 3.73. The number of fused-ring (bicyclic) bond motifs is 1. The number of aromatic nitrogens is 2. The zero-order valence-electron chi connectivity index (χ0n) is 13.7. The molecule has 0 bridgehead atoms. The number of imidazole rings is 1. The summed E-state index contributed by atoms with van der Waals surface area (Å²) in [6.45, 7) is 2.09. The SMILES string of the molecule is O=c1[nH]c2ccccc2n1C1CCN(Cc2cc(F)cc(F)c2)CC1. The van der Waals surface area contributed by atoms with E-state index < -0.39 is 11.6 Å². The molecule has 1 N–H and O–H groups in total. The molecule has 0 amide bonds. The number of H-pyrrole nitrogens is 1. The third-order valence-electron chi connectivity index (χ3n) is 4.87. The molecule has 1 aliphatic rings. The number of hydrogen-bond donors (Lipinski definition) is 1. The van der Waals surface area contributed by atoms with Crippen LogP contribution in [0.1, 0.15) is 24.4 Å². The maximum atomic E-state index is 13.3. The van der Waals surface area contributed by atoms with Crippen molar-refractivity contribution < 1.29 is 8.78 Å². The second-order valence-corrected chi connectivity index (χ2v) is 6.60. The Hall–Kier alpha value is -2.47. The third kappa shape index (κ3) is 3.22. The van der Waals surface area contributed by atoms with Crippen LogP contribution in [0.3, 0.4) is 0 Å². The average molecular weight is 343 g/mol. The number of nitrogens with zero attached hydrogens (tertiary/aromatic N) is 2. The summed E-state index contributed by atoms with van der Waals surface area (Å²) in [6, 6.07) is 11.5. The number of para-hydroxylation sites is 2. The van der Waals surface area contributed by atoms with E-state index in [0.29, 0.717) is 12.1 Å². The van der Waals surface area contributed by atoms with Crippen molar-refractivity contribution in [3.8, 4) is 0 Å². The van der Waals surface area contributed by atoms with Crippen LogP contribution in [0.25, 0.3) is 11.0 Å². The van der Waals surface area contributed by atoms with Crippen LogP contribution in [-0.4, -0.2) is 27.5 Å². The lowest BCUT2D eigenvalue weighted by atomic mass is 10.0. The van der Waals surface area contributed by atoms with Gasteiger partial charge in [0.05, 0.1) is 11.0 Å². The first-order chi connectivity index (χ1) is 12.1. The molecule has 4 nitrogen and oxygen atoms in total. The Morgan fingerprint density at radius 1 is 1.04 bits per heavy atom. The highest BCUT2D eigenvalue weighted by molar-refractivity contribution is 5.75. The Labute approximate surface area is 143 Å². The molecular formula is C19H19F2N3O. The lowest BCUT2D eigenvalue weighted by molar-refractivity contribution is 0.179. The zero-order valence-corrected chi connectivity index (χ0v) is 13.7. The topological polar surface area (TPSA) is 41.0 Å². The molecule has 130 valence electrons. The second-order valence-electron chi connectivity index (χ2n) is 6.60. The number of likely N-dealkylation sites (tertiary alicyclic amines) is 1. The first-order valence-corrected chi connectivity index (χ1v) is 8.47. The molecule has 0 spiro atoms. The highest BCUT2D eigenvalue weighted by atomic mass is 19.1. The monoisotopic (exact) mass is 343 g/mol. The van der Waals surface area contributed by atoms with Gasteiger partial charge in [0.25, 0.3) is 0 Å². The van der Waals surface area contributed by atoms with Crippen LogP contribution in [0.5, 0.6) is 0 Å². The molecule has 1 fully saturated rings. The molecule has 1 aliphatic heterocycles. The van der Waals surface area contributed by atoms with E-state index in [2.05, 4.69) is 9.88 Å². The molecule has 25 heavy (non-hydrogen) atoms. The first-order valence-electron chi connectivity index (χ1n) is 8.47. The van der Waals surface area contributed by atoms with Gasteiger partial charge < -0.3 is 4.98 Å². The van der Waals surface area contributed by atoms with Crippen molar-refractivity contribution in [1.82, 2.24) is 14.5 Å². The summed E-state index contributed by atoms with van der Waals surface area (Å²) in [7, 11) is 0. The van der Waals surface area contributed by atoms with Crippen molar-refractivity contribution in [3.05, 3.63) is 70.1 Å². The molecule has 0 unspecified atom stereocenters. The Balaban J connectivity index is 1.48. The zero-order chi connectivity index (χ0) is 17.4. The van der Waals surface area contributed by atoms with Crippen LogP contribution in [0.4, 0.5) is 8.78 Å². The van der Waals surface area contributed by atoms with E-state index in [1.807, 2.05) is 28.8 Å². The molecule has 0 aliphatic carbocycles. The van der Waals surface area contributed by atoms with Crippen molar-refractivity contribution in [2.75, 3.05) is 13.1 Å². The number of rotatable bonds is 3. The summed E-state index contributed by atoms with van der Waals surface area (Å²) in [5.74, 6) is -1.09. The molecule has 0 radical (unpaired) electrons. The number of nitrogens with one attached hydrogen (secondary N) is 1. The number of piperidine rings is 1. The minimum Gasteiger partial charge on any atom is -0.306 e. The smallest absolute Gasteiger partial charge is 0.306 e. The lowest BCUT2D eigenvalue weighted by Gasteiger charge is -2.32. The van der Waals surface area contributed by atoms with Gasteiger partial charge in [-0.1, -0.05) is 12.1 Å². The quantitative estimate of drug-likeness (QED) is 0.791. The van der Waals surface area contributed by atoms with Crippen LogP contribution >= 0.6 is 0 Å². The predicted molar refractivity (Wildman–Crippen MR) is 92.5 cm³/mol. The summed E-state index contributed by atoms with van der Waals surface area (Å²) >= 11 is 0. The first kappa shape index (κ1) is 16.0. The molecule has 6 heteroatoms. The highest BCUT2D eigenvalue weighted by Crippen LogP contribution is 2.25. The van der Waals surface area contributed by atoms with E-state index >= 15 is 0 Å². The van der Waals surface area contributed by atoms with E-state index in [-0.39, 0.29) is 11.7 Å². The van der Waals surface area contributed by atoms with Gasteiger partial charge in [0.15, 0.2) is 0 Å². The van der Waals surface area contributed by atoms with E-state index in [9.17, 15) is 13.6 Å². The molecule has 1 saturated heterocycles. The van der Waals surface area contributed by atoms with E-state index in [0.717, 1.165) is 43.0 Å². The standard InChI is InChI=1S/C19H19F2N3O/c20-14-9-13(10-15(21)11-14)12-23-7-5-16(6-8-23)24-18-4-2-1-3-17(18)22-19(24)25/h1-4,9-11,16H,5-8,12H2,(H,22,25). The normalized spacial score (nSPS) is 16.6. The largest absolute Gasteiger partial charge is 0.326 e. The third-order valence-corrected chi connectivity index (χ3v) is 4.87. The summed E-state index contributed by atoms with van der Waals surface area (Å²) in [6.07, 6.45) is 1.67. The summed E-state index contributed by atoms with van der Waals surface area (Å²) in [5, 5.41) is 0. The van der Waals surface area contributed by atoms with Gasteiger partial charge in [-0.25, -0.2) is 13.6 Å². The molecule has 2 heterocycles. The lowest BCUT2D eigenvalue weighted by Crippen LogP contribution is -2.36. The molecular weight excluding hydrogens is 324 g/mol. The summed E-state index contributed by atoms with van der Waals surface area (Å²) in [4.78, 5) is 17.4. The van der Waals surface area contributed by atoms with Crippen LogP contribution in [-0.2, 0) is 6.54 Å². The minimum absolute atomic E-state index is 0.0770. The fourth-order valence-electron chi connectivity index (χ4n) is 3.73. The Kier molecular flexibility index (Phi) is 4.13. The molecule has 2 aromatic carbocycles. The van der Waals surface area contributed by atoms with Crippen molar-refractivity contribution in [3.63, 3.8) is 0 Å². The maximum absolute atomic E-state index is 13.3. The molecule has 4 rings (SSSR count). The molecule has 0 atom stereocenters. The maximum Gasteiger partial charge on any atom is 0.326 e. The highest BCUT2D eigenvalue weighted by Gasteiger charge is 2.23. The van der Waals surface area contributed by atoms with Gasteiger partial charge in [-0.2, -0.15) is 0 Å². The second kappa shape index (κ2) is 6.44. The van der Waals surface area contributed by atoms with Crippen LogP contribution in [0.2, 0.25) is 0 Å².